The molecule has 1 aliphatic rings. The van der Waals surface area contributed by atoms with Crippen LogP contribution in [0.1, 0.15) is 24.6 Å². The van der Waals surface area contributed by atoms with Gasteiger partial charge in [0.25, 0.3) is 0 Å². The molecule has 0 bridgehead atoms. The topological polar surface area (TPSA) is 45.2 Å². The average Bonchev–Trinajstić information content (AvgIpc) is 2.30. The molecule has 1 atom stereocenters. The normalized spacial score (nSPS) is 20.6. The van der Waals surface area contributed by atoms with E-state index in [1.165, 1.54) is 0 Å². The quantitative estimate of drug-likeness (QED) is 0.738. The fraction of sp³-hybridized carbons (Fsp3) is 0.545. The summed E-state index contributed by atoms with van der Waals surface area (Å²) in [5.41, 5.74) is 0.805. The van der Waals surface area contributed by atoms with E-state index < -0.39 is 6.10 Å². The monoisotopic (exact) mass is 192 g/mol. The van der Waals surface area contributed by atoms with Crippen molar-refractivity contribution in [3.8, 4) is 0 Å². The molecule has 0 amide bonds. The zero-order valence-electron chi connectivity index (χ0n) is 8.19. The van der Waals surface area contributed by atoms with Gasteiger partial charge in [0.15, 0.2) is 0 Å². The molecule has 0 radical (unpaired) electrons. The Balaban J connectivity index is 2.03. The lowest BCUT2D eigenvalue weighted by molar-refractivity contribution is 0.0852. The molecule has 1 aromatic rings. The van der Waals surface area contributed by atoms with E-state index in [1.807, 2.05) is 18.2 Å². The Bertz CT molecular complexity index is 270. The smallest absolute Gasteiger partial charge is 0.0988 e. The highest BCUT2D eigenvalue weighted by Gasteiger charge is 2.23. The number of nitrogens with one attached hydrogen (secondary N) is 1. The van der Waals surface area contributed by atoms with E-state index in [2.05, 4.69) is 10.3 Å². The van der Waals surface area contributed by atoms with Crippen molar-refractivity contribution in [1.82, 2.24) is 10.3 Å². The van der Waals surface area contributed by atoms with Crippen molar-refractivity contribution in [3.05, 3.63) is 30.1 Å². The van der Waals surface area contributed by atoms with Gasteiger partial charge in [-0.2, -0.15) is 0 Å². The molecule has 3 nitrogen and oxygen atoms in total. The van der Waals surface area contributed by atoms with E-state index in [0.29, 0.717) is 5.92 Å². The zero-order valence-corrected chi connectivity index (χ0v) is 8.19. The molecule has 0 spiro atoms. The third-order valence-electron chi connectivity index (χ3n) is 2.82. The van der Waals surface area contributed by atoms with Crippen LogP contribution in [0.25, 0.3) is 0 Å². The van der Waals surface area contributed by atoms with Crippen LogP contribution in [0.4, 0.5) is 0 Å². The standard InChI is InChI=1S/C11H16N2O/c14-11(9-4-7-12-8-5-9)10-3-1-2-6-13-10/h1-3,6,9,11-12,14H,4-5,7-8H2/t11-/m0/s1. The Kier molecular flexibility index (Phi) is 3.11. The Labute approximate surface area is 84.2 Å². The molecule has 0 aliphatic carbocycles. The van der Waals surface area contributed by atoms with Crippen LogP contribution < -0.4 is 5.32 Å². The second-order valence-corrected chi connectivity index (χ2v) is 3.79. The predicted molar refractivity (Wildman–Crippen MR) is 54.8 cm³/mol. The fourth-order valence-corrected chi connectivity index (χ4v) is 1.95. The largest absolute Gasteiger partial charge is 0.387 e. The minimum atomic E-state index is -0.390. The Morgan fingerprint density at radius 1 is 1.36 bits per heavy atom. The van der Waals surface area contributed by atoms with Gasteiger partial charge in [0.1, 0.15) is 0 Å². The molecular formula is C11H16N2O. The summed E-state index contributed by atoms with van der Waals surface area (Å²) in [5, 5.41) is 13.3. The van der Waals surface area contributed by atoms with E-state index in [4.69, 9.17) is 0 Å². The minimum absolute atomic E-state index is 0.367. The second-order valence-electron chi connectivity index (χ2n) is 3.79. The first-order valence-electron chi connectivity index (χ1n) is 5.17. The van der Waals surface area contributed by atoms with Gasteiger partial charge in [-0.05, 0) is 44.0 Å². The Morgan fingerprint density at radius 2 is 2.14 bits per heavy atom. The van der Waals surface area contributed by atoms with Crippen LogP contribution >= 0.6 is 0 Å². The van der Waals surface area contributed by atoms with Gasteiger partial charge in [-0.1, -0.05) is 6.07 Å². The summed E-state index contributed by atoms with van der Waals surface area (Å²) in [6.07, 6.45) is 3.42. The van der Waals surface area contributed by atoms with Crippen LogP contribution in [-0.4, -0.2) is 23.2 Å². The van der Waals surface area contributed by atoms with Crippen molar-refractivity contribution in [3.63, 3.8) is 0 Å². The van der Waals surface area contributed by atoms with Gasteiger partial charge in [-0.3, -0.25) is 4.98 Å². The molecule has 1 aromatic heterocycles. The summed E-state index contributed by atoms with van der Waals surface area (Å²) in [6, 6.07) is 5.69. The molecule has 2 N–H and O–H groups in total. The first kappa shape index (κ1) is 9.62. The summed E-state index contributed by atoms with van der Waals surface area (Å²) < 4.78 is 0. The lowest BCUT2D eigenvalue weighted by atomic mass is 9.90. The highest BCUT2D eigenvalue weighted by Crippen LogP contribution is 2.26. The third-order valence-corrected chi connectivity index (χ3v) is 2.82. The van der Waals surface area contributed by atoms with Crippen LogP contribution in [-0.2, 0) is 0 Å². The van der Waals surface area contributed by atoms with Crippen molar-refractivity contribution < 1.29 is 5.11 Å². The number of aromatic nitrogens is 1. The number of rotatable bonds is 2. The van der Waals surface area contributed by atoms with Gasteiger partial charge < -0.3 is 10.4 Å². The zero-order chi connectivity index (χ0) is 9.80. The first-order chi connectivity index (χ1) is 6.88. The van der Waals surface area contributed by atoms with Crippen molar-refractivity contribution in [1.29, 1.82) is 0 Å². The molecule has 76 valence electrons. The van der Waals surface area contributed by atoms with Crippen LogP contribution in [0.15, 0.2) is 24.4 Å². The van der Waals surface area contributed by atoms with Gasteiger partial charge in [0.2, 0.25) is 0 Å². The average molecular weight is 192 g/mol. The van der Waals surface area contributed by atoms with Crippen molar-refractivity contribution in [2.75, 3.05) is 13.1 Å². The second kappa shape index (κ2) is 4.53. The van der Waals surface area contributed by atoms with Crippen molar-refractivity contribution in [2.24, 2.45) is 5.92 Å². The summed E-state index contributed by atoms with van der Waals surface area (Å²) in [4.78, 5) is 4.18. The first-order valence-corrected chi connectivity index (χ1v) is 5.17. The number of piperidine rings is 1. The van der Waals surface area contributed by atoms with Crippen LogP contribution in [0.3, 0.4) is 0 Å². The number of aliphatic hydroxyl groups excluding tert-OH is 1. The van der Waals surface area contributed by atoms with Crippen LogP contribution in [0.2, 0.25) is 0 Å². The van der Waals surface area contributed by atoms with Crippen LogP contribution in [0.5, 0.6) is 0 Å². The number of nitrogens with zero attached hydrogens (tertiary/aromatic N) is 1. The molecule has 1 fully saturated rings. The van der Waals surface area contributed by atoms with Gasteiger partial charge >= 0.3 is 0 Å². The van der Waals surface area contributed by atoms with Gasteiger partial charge in [0, 0.05) is 6.20 Å². The maximum Gasteiger partial charge on any atom is 0.0988 e. The minimum Gasteiger partial charge on any atom is -0.387 e. The summed E-state index contributed by atoms with van der Waals surface area (Å²) in [6.45, 7) is 2.02. The lowest BCUT2D eigenvalue weighted by Crippen LogP contribution is -2.31. The van der Waals surface area contributed by atoms with E-state index in [0.717, 1.165) is 31.6 Å². The van der Waals surface area contributed by atoms with Gasteiger partial charge in [-0.25, -0.2) is 0 Å². The van der Waals surface area contributed by atoms with E-state index in [-0.39, 0.29) is 0 Å². The Morgan fingerprint density at radius 3 is 2.79 bits per heavy atom. The SMILES string of the molecule is O[C@H](c1ccccn1)C1CCNCC1. The van der Waals surface area contributed by atoms with Gasteiger partial charge in [0.05, 0.1) is 11.8 Å². The molecular weight excluding hydrogens is 176 g/mol. The van der Waals surface area contributed by atoms with Crippen molar-refractivity contribution in [2.45, 2.75) is 18.9 Å². The van der Waals surface area contributed by atoms with Crippen LogP contribution in [0, 0.1) is 5.92 Å². The maximum atomic E-state index is 10.1. The lowest BCUT2D eigenvalue weighted by Gasteiger charge is -2.26. The molecule has 2 heterocycles. The van der Waals surface area contributed by atoms with E-state index in [9.17, 15) is 5.11 Å². The highest BCUT2D eigenvalue weighted by atomic mass is 16.3. The molecule has 0 saturated carbocycles. The van der Waals surface area contributed by atoms with Gasteiger partial charge in [-0.15, -0.1) is 0 Å². The highest BCUT2D eigenvalue weighted by molar-refractivity contribution is 5.07. The number of aliphatic hydroxyl groups is 1. The number of hydrogen-bond donors (Lipinski definition) is 2. The molecule has 2 rings (SSSR count). The summed E-state index contributed by atoms with van der Waals surface area (Å²) >= 11 is 0. The van der Waals surface area contributed by atoms with E-state index in [1.54, 1.807) is 6.20 Å². The fourth-order valence-electron chi connectivity index (χ4n) is 1.95. The predicted octanol–water partition coefficient (Wildman–Crippen LogP) is 1.11. The number of pyridine rings is 1. The molecule has 0 unspecified atom stereocenters. The third kappa shape index (κ3) is 2.11. The van der Waals surface area contributed by atoms with E-state index >= 15 is 0 Å². The molecule has 1 saturated heterocycles. The maximum absolute atomic E-state index is 10.1. The molecule has 1 aliphatic heterocycles. The Hall–Kier alpha value is -0.930. The summed E-state index contributed by atoms with van der Waals surface area (Å²) in [7, 11) is 0. The van der Waals surface area contributed by atoms with Crippen molar-refractivity contribution >= 4 is 0 Å². The number of hydrogen-bond acceptors (Lipinski definition) is 3. The molecule has 0 aromatic carbocycles. The molecule has 14 heavy (non-hydrogen) atoms. The molecule has 3 heteroatoms. The summed E-state index contributed by atoms with van der Waals surface area (Å²) in [5.74, 6) is 0.367.